The molecule has 1 heterocycles. The van der Waals surface area contributed by atoms with E-state index in [9.17, 15) is 19.5 Å². The van der Waals surface area contributed by atoms with Gasteiger partial charge in [-0.05, 0) is 18.6 Å². The van der Waals surface area contributed by atoms with E-state index in [1.807, 2.05) is 0 Å². The first-order chi connectivity index (χ1) is 11.8. The van der Waals surface area contributed by atoms with Gasteiger partial charge in [0.25, 0.3) is 5.56 Å². The molecule has 0 bridgehead atoms. The minimum Gasteiger partial charge on any atom is -0.507 e. The zero-order valence-corrected chi connectivity index (χ0v) is 13.9. The molecule has 0 radical (unpaired) electrons. The van der Waals surface area contributed by atoms with Crippen LogP contribution in [0.15, 0.2) is 41.2 Å². The van der Waals surface area contributed by atoms with Gasteiger partial charge < -0.3 is 19.5 Å². The lowest BCUT2D eigenvalue weighted by Crippen LogP contribution is -2.30. The van der Waals surface area contributed by atoms with Gasteiger partial charge in [0, 0.05) is 11.6 Å². The molecule has 0 aliphatic heterocycles. The average Bonchev–Trinajstić information content (AvgIpc) is 2.58. The number of methoxy groups -OCH3 is 1. The van der Waals surface area contributed by atoms with Crippen molar-refractivity contribution in [1.29, 1.82) is 0 Å². The molecule has 25 heavy (non-hydrogen) atoms. The van der Waals surface area contributed by atoms with Crippen LogP contribution in [0.4, 0.5) is 0 Å². The molecule has 0 amide bonds. The number of aromatic nitrogens is 1. The third kappa shape index (κ3) is 4.06. The minimum absolute atomic E-state index is 0.0246. The largest absolute Gasteiger partial charge is 0.507 e. The Kier molecular flexibility index (Phi) is 5.59. The Labute approximate surface area is 144 Å². The summed E-state index contributed by atoms with van der Waals surface area (Å²) in [7, 11) is 1.24. The fourth-order valence-corrected chi connectivity index (χ4v) is 2.75. The Morgan fingerprint density at radius 3 is 2.44 bits per heavy atom. The number of carbonyl (C=O) groups is 2. The van der Waals surface area contributed by atoms with Crippen LogP contribution in [0.1, 0.15) is 29.2 Å². The van der Waals surface area contributed by atoms with Crippen molar-refractivity contribution in [3.63, 3.8) is 0 Å². The summed E-state index contributed by atoms with van der Waals surface area (Å²) in [4.78, 5) is 35.7. The first-order valence-electron chi connectivity index (χ1n) is 7.62. The van der Waals surface area contributed by atoms with Crippen molar-refractivity contribution in [2.75, 3.05) is 7.11 Å². The summed E-state index contributed by atoms with van der Waals surface area (Å²) in [5.74, 6) is -2.74. The van der Waals surface area contributed by atoms with Crippen LogP contribution in [0.25, 0.3) is 0 Å². The second kappa shape index (κ2) is 7.65. The van der Waals surface area contributed by atoms with Crippen LogP contribution in [0.3, 0.4) is 0 Å². The molecule has 0 saturated carbocycles. The Morgan fingerprint density at radius 2 is 1.88 bits per heavy atom. The highest BCUT2D eigenvalue weighted by Gasteiger charge is 2.26. The van der Waals surface area contributed by atoms with Crippen molar-refractivity contribution in [3.8, 4) is 5.75 Å². The van der Waals surface area contributed by atoms with E-state index < -0.39 is 30.0 Å². The van der Waals surface area contributed by atoms with Crippen molar-refractivity contribution in [1.82, 2.24) is 4.57 Å². The number of benzene rings is 1. The topological polar surface area (TPSA) is 106 Å². The molecule has 1 aromatic heterocycles. The Hall–Kier alpha value is -3.09. The first-order valence-corrected chi connectivity index (χ1v) is 7.62. The van der Waals surface area contributed by atoms with Crippen LogP contribution in [-0.2, 0) is 20.9 Å². The number of hydrogen-bond donors (Lipinski definition) is 2. The van der Waals surface area contributed by atoms with Gasteiger partial charge in [-0.2, -0.15) is 0 Å². The fraction of sp³-hybridized carbons (Fsp3) is 0.278. The average molecular weight is 345 g/mol. The van der Waals surface area contributed by atoms with Crippen LogP contribution >= 0.6 is 0 Å². The molecule has 7 nitrogen and oxygen atoms in total. The number of nitrogens with zero attached hydrogens (tertiary/aromatic N) is 1. The highest BCUT2D eigenvalue weighted by molar-refractivity contribution is 5.71. The van der Waals surface area contributed by atoms with Gasteiger partial charge in [-0.15, -0.1) is 0 Å². The molecule has 0 fully saturated rings. The maximum atomic E-state index is 12.8. The molecule has 2 rings (SSSR count). The zero-order valence-electron chi connectivity index (χ0n) is 13.9. The highest BCUT2D eigenvalue weighted by atomic mass is 16.5. The van der Waals surface area contributed by atoms with Gasteiger partial charge >= 0.3 is 11.9 Å². The summed E-state index contributed by atoms with van der Waals surface area (Å²) in [6, 6.07) is 10.1. The highest BCUT2D eigenvalue weighted by Crippen LogP contribution is 2.32. The molecule has 1 atom stereocenters. The predicted molar refractivity (Wildman–Crippen MR) is 89.7 cm³/mol. The number of carbonyl (C=O) groups excluding carboxylic acids is 1. The van der Waals surface area contributed by atoms with E-state index in [2.05, 4.69) is 0 Å². The van der Waals surface area contributed by atoms with E-state index in [0.29, 0.717) is 11.3 Å². The lowest BCUT2D eigenvalue weighted by molar-refractivity contribution is -0.141. The molecule has 0 unspecified atom stereocenters. The molecule has 0 saturated heterocycles. The molecular formula is C18H19NO6. The van der Waals surface area contributed by atoms with E-state index in [1.54, 1.807) is 30.3 Å². The monoisotopic (exact) mass is 345 g/mol. The lowest BCUT2D eigenvalue weighted by atomic mass is 9.88. The van der Waals surface area contributed by atoms with Crippen LogP contribution in [0.5, 0.6) is 5.75 Å². The van der Waals surface area contributed by atoms with Crippen LogP contribution in [0, 0.1) is 6.92 Å². The van der Waals surface area contributed by atoms with Crippen LogP contribution in [-0.4, -0.2) is 33.8 Å². The lowest BCUT2D eigenvalue weighted by Gasteiger charge is -2.20. The maximum absolute atomic E-state index is 12.8. The number of ether oxygens (including phenoxy) is 1. The summed E-state index contributed by atoms with van der Waals surface area (Å²) >= 11 is 0. The number of aryl methyl sites for hydroxylation is 1. The molecule has 1 aromatic carbocycles. The van der Waals surface area contributed by atoms with E-state index >= 15 is 0 Å². The second-order valence-electron chi connectivity index (χ2n) is 5.61. The fourth-order valence-electron chi connectivity index (χ4n) is 2.75. The van der Waals surface area contributed by atoms with Crippen molar-refractivity contribution < 1.29 is 24.5 Å². The van der Waals surface area contributed by atoms with E-state index in [-0.39, 0.29) is 17.7 Å². The zero-order chi connectivity index (χ0) is 18.6. The van der Waals surface area contributed by atoms with E-state index in [0.717, 1.165) is 4.57 Å². The number of aromatic hydroxyl groups is 1. The van der Waals surface area contributed by atoms with Gasteiger partial charge in [-0.25, -0.2) is 0 Å². The van der Waals surface area contributed by atoms with Crippen molar-refractivity contribution >= 4 is 11.9 Å². The summed E-state index contributed by atoms with van der Waals surface area (Å²) < 4.78 is 5.76. The Balaban J connectivity index is 2.66. The molecule has 132 valence electrons. The molecule has 7 heteroatoms. The number of pyridine rings is 1. The summed E-state index contributed by atoms with van der Waals surface area (Å²) in [5, 5.41) is 19.4. The summed E-state index contributed by atoms with van der Waals surface area (Å²) in [5.41, 5.74) is 0.297. The van der Waals surface area contributed by atoms with Gasteiger partial charge in [0.1, 0.15) is 12.3 Å². The molecule has 0 aliphatic rings. The molecular weight excluding hydrogens is 326 g/mol. The Bertz CT molecular complexity index is 841. The van der Waals surface area contributed by atoms with Gasteiger partial charge in [-0.1, -0.05) is 30.3 Å². The number of esters is 1. The number of aliphatic carboxylic acids is 1. The standard InChI is InChI=1S/C18H19NO6/c1-11-8-14(20)17(18(24)19(11)10-15(21)22)13(9-16(23)25-2)12-6-4-3-5-7-12/h3-8,13,20H,9-10H2,1-2H3,(H,21,22)/t13-/m1/s1. The summed E-state index contributed by atoms with van der Waals surface area (Å²) in [6.07, 6.45) is -0.153. The van der Waals surface area contributed by atoms with Crippen molar-refractivity contribution in [2.45, 2.75) is 25.8 Å². The molecule has 0 spiro atoms. The number of carboxylic acid groups (broad SMARTS) is 1. The quantitative estimate of drug-likeness (QED) is 0.771. The number of hydrogen-bond acceptors (Lipinski definition) is 5. The molecule has 2 aromatic rings. The second-order valence-corrected chi connectivity index (χ2v) is 5.61. The smallest absolute Gasteiger partial charge is 0.323 e. The van der Waals surface area contributed by atoms with Gasteiger partial charge in [0.15, 0.2) is 0 Å². The number of carboxylic acids is 1. The molecule has 0 aliphatic carbocycles. The van der Waals surface area contributed by atoms with Gasteiger partial charge in [0.05, 0.1) is 19.1 Å². The minimum atomic E-state index is -1.17. The van der Waals surface area contributed by atoms with E-state index in [4.69, 9.17) is 9.84 Å². The maximum Gasteiger partial charge on any atom is 0.323 e. The SMILES string of the molecule is COC(=O)C[C@H](c1ccccc1)c1c(O)cc(C)n(CC(=O)O)c1=O. The normalized spacial score (nSPS) is 11.8. The third-order valence-electron chi connectivity index (χ3n) is 3.97. The van der Waals surface area contributed by atoms with Crippen molar-refractivity contribution in [3.05, 3.63) is 63.6 Å². The molecule has 2 N–H and O–H groups in total. The third-order valence-corrected chi connectivity index (χ3v) is 3.97. The van der Waals surface area contributed by atoms with Gasteiger partial charge in [0.2, 0.25) is 0 Å². The Morgan fingerprint density at radius 1 is 1.24 bits per heavy atom. The van der Waals surface area contributed by atoms with Gasteiger partial charge in [-0.3, -0.25) is 14.4 Å². The first kappa shape index (κ1) is 18.3. The van der Waals surface area contributed by atoms with E-state index in [1.165, 1.54) is 20.1 Å². The summed E-state index contributed by atoms with van der Waals surface area (Å²) in [6.45, 7) is 1.00. The van der Waals surface area contributed by atoms with Crippen LogP contribution in [0.2, 0.25) is 0 Å². The predicted octanol–water partition coefficient (Wildman–Crippen LogP) is 1.64. The van der Waals surface area contributed by atoms with Crippen molar-refractivity contribution in [2.24, 2.45) is 0 Å². The van der Waals surface area contributed by atoms with Crippen LogP contribution < -0.4 is 5.56 Å². The number of rotatable bonds is 6.